The number of benzene rings is 2. The number of rotatable bonds is 8. The number of carbonyl (C=O) groups excluding carboxylic acids is 2. The lowest BCUT2D eigenvalue weighted by atomic mass is 10.2. The van der Waals surface area contributed by atoms with E-state index in [0.717, 1.165) is 28.6 Å². The Morgan fingerprint density at radius 2 is 1.84 bits per heavy atom. The van der Waals surface area contributed by atoms with E-state index in [1.807, 2.05) is 24.3 Å². The van der Waals surface area contributed by atoms with Crippen LogP contribution in [0.4, 0.5) is 11.4 Å². The fourth-order valence-corrected chi connectivity index (χ4v) is 3.53. The van der Waals surface area contributed by atoms with Crippen molar-refractivity contribution in [3.8, 4) is 0 Å². The number of para-hydroxylation sites is 2. The molecule has 0 spiro atoms. The van der Waals surface area contributed by atoms with Gasteiger partial charge < -0.3 is 20.0 Å². The number of amides is 2. The second kappa shape index (κ2) is 9.43. The van der Waals surface area contributed by atoms with Crippen LogP contribution < -0.4 is 10.6 Å². The molecule has 4 rings (SSSR count). The minimum Gasteiger partial charge on any atom is -0.416 e. The molecule has 0 saturated heterocycles. The highest BCUT2D eigenvalue weighted by Crippen LogP contribution is 2.19. The molecule has 0 saturated carbocycles. The quantitative estimate of drug-likeness (QED) is 0.361. The molecular weight excluding hydrogens is 416 g/mol. The number of fused-ring (bicyclic) bond motifs is 1. The molecule has 158 valence electrons. The summed E-state index contributed by atoms with van der Waals surface area (Å²) in [5.74, 6) is 1.08. The van der Waals surface area contributed by atoms with Gasteiger partial charge in [0.15, 0.2) is 0 Å². The van der Waals surface area contributed by atoms with Gasteiger partial charge in [0.1, 0.15) is 5.82 Å². The van der Waals surface area contributed by atoms with Gasteiger partial charge in [-0.1, -0.05) is 30.0 Å². The maximum atomic E-state index is 12.2. The Bertz CT molecular complexity index is 1190. The summed E-state index contributed by atoms with van der Waals surface area (Å²) >= 11 is 1.16. The normalized spacial score (nSPS) is 10.9. The van der Waals surface area contributed by atoms with Crippen LogP contribution in [0.5, 0.6) is 0 Å². The van der Waals surface area contributed by atoms with E-state index in [2.05, 4.69) is 30.8 Å². The Balaban J connectivity index is 1.26. The molecule has 0 fully saturated rings. The number of thioether (sulfide) groups is 1. The van der Waals surface area contributed by atoms with Crippen molar-refractivity contribution < 1.29 is 14.0 Å². The van der Waals surface area contributed by atoms with Crippen molar-refractivity contribution in [1.82, 2.24) is 20.2 Å². The second-order valence-corrected chi connectivity index (χ2v) is 7.69. The first-order valence-corrected chi connectivity index (χ1v) is 10.6. The van der Waals surface area contributed by atoms with Crippen molar-refractivity contribution in [2.75, 3.05) is 16.4 Å². The van der Waals surface area contributed by atoms with Crippen molar-refractivity contribution in [3.63, 3.8) is 0 Å². The first kappa shape index (κ1) is 20.6. The maximum Gasteiger partial charge on any atom is 0.277 e. The van der Waals surface area contributed by atoms with Gasteiger partial charge in [0.25, 0.3) is 5.22 Å². The highest BCUT2D eigenvalue weighted by molar-refractivity contribution is 7.99. The van der Waals surface area contributed by atoms with Gasteiger partial charge >= 0.3 is 0 Å². The molecule has 2 heterocycles. The molecule has 2 aromatic carbocycles. The molecule has 10 heteroatoms. The Labute approximate surface area is 182 Å². The van der Waals surface area contributed by atoms with Gasteiger partial charge in [0, 0.05) is 31.1 Å². The molecule has 31 heavy (non-hydrogen) atoms. The van der Waals surface area contributed by atoms with E-state index in [0.29, 0.717) is 35.3 Å². The summed E-state index contributed by atoms with van der Waals surface area (Å²) in [5, 5.41) is 13.8. The number of hydrogen-bond donors (Lipinski definition) is 3. The van der Waals surface area contributed by atoms with Crippen molar-refractivity contribution >= 4 is 46.0 Å². The molecule has 4 aromatic rings. The predicted octanol–water partition coefficient (Wildman–Crippen LogP) is 3.42. The number of carbonyl (C=O) groups is 2. The van der Waals surface area contributed by atoms with E-state index in [-0.39, 0.29) is 17.6 Å². The molecule has 0 aliphatic heterocycles. The van der Waals surface area contributed by atoms with Crippen LogP contribution in [0.2, 0.25) is 0 Å². The van der Waals surface area contributed by atoms with Crippen LogP contribution in [0, 0.1) is 0 Å². The number of imidazole rings is 1. The molecule has 0 aliphatic carbocycles. The third kappa shape index (κ3) is 5.70. The molecule has 0 atom stereocenters. The first-order valence-electron chi connectivity index (χ1n) is 9.61. The molecule has 0 unspecified atom stereocenters. The summed E-state index contributed by atoms with van der Waals surface area (Å²) < 4.78 is 5.61. The summed E-state index contributed by atoms with van der Waals surface area (Å²) in [4.78, 5) is 31.1. The summed E-state index contributed by atoms with van der Waals surface area (Å²) in [7, 11) is 0. The van der Waals surface area contributed by atoms with E-state index in [4.69, 9.17) is 4.42 Å². The van der Waals surface area contributed by atoms with Crippen LogP contribution in [0.1, 0.15) is 18.6 Å². The lowest BCUT2D eigenvalue weighted by Gasteiger charge is -2.07. The molecule has 2 amide bonds. The Hall–Kier alpha value is -3.66. The topological polar surface area (TPSA) is 126 Å². The number of nitrogens with one attached hydrogen (secondary N) is 3. The van der Waals surface area contributed by atoms with Crippen LogP contribution in [-0.4, -0.2) is 37.7 Å². The number of aryl methyl sites for hydroxylation is 2. The first-order chi connectivity index (χ1) is 15.0. The zero-order valence-corrected chi connectivity index (χ0v) is 17.5. The van der Waals surface area contributed by atoms with Crippen LogP contribution in [-0.2, 0) is 22.4 Å². The van der Waals surface area contributed by atoms with E-state index >= 15 is 0 Å². The lowest BCUT2D eigenvalue weighted by Crippen LogP contribution is -2.14. The number of aromatic amines is 1. The third-order valence-corrected chi connectivity index (χ3v) is 5.07. The SMILES string of the molecule is CC(=O)Nc1cccc(NC(=O)CSc2nnc(CCc3nc4ccccc4[nH]3)o2)c1. The molecule has 0 bridgehead atoms. The zero-order valence-electron chi connectivity index (χ0n) is 16.7. The molecular formula is C21H20N6O3S. The number of aromatic nitrogens is 4. The Kier molecular flexibility index (Phi) is 6.27. The van der Waals surface area contributed by atoms with Gasteiger partial charge in [-0.05, 0) is 30.3 Å². The van der Waals surface area contributed by atoms with Gasteiger partial charge in [0.2, 0.25) is 17.7 Å². The van der Waals surface area contributed by atoms with Gasteiger partial charge in [-0.15, -0.1) is 10.2 Å². The van der Waals surface area contributed by atoms with Crippen molar-refractivity contribution in [2.24, 2.45) is 0 Å². The summed E-state index contributed by atoms with van der Waals surface area (Å²) in [5.41, 5.74) is 3.12. The second-order valence-electron chi connectivity index (χ2n) is 6.76. The Morgan fingerprint density at radius 1 is 1.03 bits per heavy atom. The molecule has 0 radical (unpaired) electrons. The van der Waals surface area contributed by atoms with Crippen molar-refractivity contribution in [2.45, 2.75) is 25.0 Å². The minimum atomic E-state index is -0.216. The zero-order chi connectivity index (χ0) is 21.6. The van der Waals surface area contributed by atoms with E-state index in [1.165, 1.54) is 6.92 Å². The fraction of sp³-hybridized carbons (Fsp3) is 0.190. The summed E-state index contributed by atoms with van der Waals surface area (Å²) in [6, 6.07) is 14.8. The van der Waals surface area contributed by atoms with Crippen LogP contribution in [0.3, 0.4) is 0 Å². The van der Waals surface area contributed by atoms with E-state index < -0.39 is 0 Å². The maximum absolute atomic E-state index is 12.2. The van der Waals surface area contributed by atoms with Crippen molar-refractivity contribution in [1.29, 1.82) is 0 Å². The van der Waals surface area contributed by atoms with Crippen LogP contribution in [0.15, 0.2) is 58.2 Å². The van der Waals surface area contributed by atoms with Crippen LogP contribution in [0.25, 0.3) is 11.0 Å². The molecule has 3 N–H and O–H groups in total. The van der Waals surface area contributed by atoms with Crippen molar-refractivity contribution in [3.05, 3.63) is 60.2 Å². The van der Waals surface area contributed by atoms with Gasteiger partial charge in [-0.3, -0.25) is 9.59 Å². The number of H-pyrrole nitrogens is 1. The molecule has 2 aromatic heterocycles. The van der Waals surface area contributed by atoms with E-state index in [1.54, 1.807) is 24.3 Å². The van der Waals surface area contributed by atoms with Gasteiger partial charge in [0.05, 0.1) is 16.8 Å². The molecule has 9 nitrogen and oxygen atoms in total. The highest BCUT2D eigenvalue weighted by atomic mass is 32.2. The fourth-order valence-electron chi connectivity index (χ4n) is 2.95. The smallest absolute Gasteiger partial charge is 0.277 e. The summed E-state index contributed by atoms with van der Waals surface area (Å²) in [6.07, 6.45) is 1.20. The van der Waals surface area contributed by atoms with Gasteiger partial charge in [-0.2, -0.15) is 0 Å². The largest absolute Gasteiger partial charge is 0.416 e. The minimum absolute atomic E-state index is 0.121. The molecule has 0 aliphatic rings. The lowest BCUT2D eigenvalue weighted by molar-refractivity contribution is -0.114. The Morgan fingerprint density at radius 3 is 2.65 bits per heavy atom. The van der Waals surface area contributed by atoms with E-state index in [9.17, 15) is 9.59 Å². The number of anilines is 2. The standard InChI is InChI=1S/C21H20N6O3S/c1-13(28)22-14-5-4-6-15(11-14)23-19(29)12-31-21-27-26-20(30-21)10-9-18-24-16-7-2-3-8-17(16)25-18/h2-8,11H,9-10,12H2,1H3,(H,22,28)(H,23,29)(H,24,25). The summed E-state index contributed by atoms with van der Waals surface area (Å²) in [6.45, 7) is 1.43. The van der Waals surface area contributed by atoms with Crippen LogP contribution >= 0.6 is 11.8 Å². The average molecular weight is 436 g/mol. The third-order valence-electron chi connectivity index (χ3n) is 4.26. The monoisotopic (exact) mass is 436 g/mol. The number of nitrogens with zero attached hydrogens (tertiary/aromatic N) is 3. The highest BCUT2D eigenvalue weighted by Gasteiger charge is 2.11. The average Bonchev–Trinajstić information content (AvgIpc) is 3.37. The predicted molar refractivity (Wildman–Crippen MR) is 118 cm³/mol. The number of hydrogen-bond acceptors (Lipinski definition) is 7. The van der Waals surface area contributed by atoms with Gasteiger partial charge in [-0.25, -0.2) is 4.98 Å².